The molecule has 128 valence electrons. The summed E-state index contributed by atoms with van der Waals surface area (Å²) in [5.41, 5.74) is 1.11. The van der Waals surface area contributed by atoms with Gasteiger partial charge in [0.05, 0.1) is 6.61 Å². The molecule has 0 unspecified atom stereocenters. The quantitative estimate of drug-likeness (QED) is 0.798. The van der Waals surface area contributed by atoms with E-state index in [1.807, 2.05) is 35.2 Å². The monoisotopic (exact) mass is 338 g/mol. The van der Waals surface area contributed by atoms with Crippen molar-refractivity contribution >= 4 is 18.3 Å². The Morgan fingerprint density at radius 1 is 1.22 bits per heavy atom. The van der Waals surface area contributed by atoms with Crippen LogP contribution in [0.3, 0.4) is 0 Å². The first kappa shape index (κ1) is 18.2. The molecule has 5 heteroatoms. The van der Waals surface area contributed by atoms with Gasteiger partial charge in [0.1, 0.15) is 6.61 Å². The Kier molecular flexibility index (Phi) is 6.45. The Bertz CT molecular complexity index is 495. The first-order valence-electron chi connectivity index (χ1n) is 8.21. The van der Waals surface area contributed by atoms with Crippen LogP contribution in [0.5, 0.6) is 0 Å². The van der Waals surface area contributed by atoms with Gasteiger partial charge >= 0.3 is 0 Å². The normalized spacial score (nSPS) is 23.9. The fourth-order valence-corrected chi connectivity index (χ4v) is 3.47. The van der Waals surface area contributed by atoms with Crippen molar-refractivity contribution in [1.29, 1.82) is 0 Å². The zero-order chi connectivity index (χ0) is 15.5. The van der Waals surface area contributed by atoms with Crippen LogP contribution in [0, 0.1) is 11.8 Å². The first-order valence-corrected chi connectivity index (χ1v) is 8.21. The summed E-state index contributed by atoms with van der Waals surface area (Å²) < 4.78 is 5.60. The third-order valence-corrected chi connectivity index (χ3v) is 4.91. The van der Waals surface area contributed by atoms with Crippen molar-refractivity contribution in [1.82, 2.24) is 9.80 Å². The number of carbonyl (C=O) groups excluding carboxylic acids is 1. The molecule has 1 aromatic carbocycles. The minimum Gasteiger partial charge on any atom is -0.367 e. The number of carbonyl (C=O) groups is 1. The van der Waals surface area contributed by atoms with E-state index in [-0.39, 0.29) is 24.9 Å². The van der Waals surface area contributed by atoms with E-state index >= 15 is 0 Å². The summed E-state index contributed by atoms with van der Waals surface area (Å²) in [5.74, 6) is 1.61. The molecule has 1 saturated carbocycles. The Labute approximate surface area is 145 Å². The average molecular weight is 339 g/mol. The Morgan fingerprint density at radius 3 is 2.52 bits per heavy atom. The van der Waals surface area contributed by atoms with Gasteiger partial charge in [0, 0.05) is 19.1 Å². The van der Waals surface area contributed by atoms with E-state index in [9.17, 15) is 4.79 Å². The lowest BCUT2D eigenvalue weighted by Gasteiger charge is -2.24. The van der Waals surface area contributed by atoms with Crippen LogP contribution in [-0.4, -0.2) is 55.5 Å². The number of nitrogens with zero attached hydrogens (tertiary/aromatic N) is 2. The molecular weight excluding hydrogens is 312 g/mol. The summed E-state index contributed by atoms with van der Waals surface area (Å²) in [5, 5.41) is 0. The maximum absolute atomic E-state index is 12.4. The lowest BCUT2D eigenvalue weighted by Crippen LogP contribution is -2.37. The molecule has 1 heterocycles. The lowest BCUT2D eigenvalue weighted by atomic mass is 9.97. The van der Waals surface area contributed by atoms with E-state index in [1.54, 1.807) is 0 Å². The van der Waals surface area contributed by atoms with Crippen molar-refractivity contribution in [2.24, 2.45) is 11.8 Å². The third kappa shape index (κ3) is 4.69. The molecule has 0 spiro atoms. The summed E-state index contributed by atoms with van der Waals surface area (Å²) in [7, 11) is 4.25. The average Bonchev–Trinajstić information content (AvgIpc) is 3.26. The molecule has 23 heavy (non-hydrogen) atoms. The molecular formula is C18H27ClN2O2. The van der Waals surface area contributed by atoms with Gasteiger partial charge in [-0.15, -0.1) is 12.4 Å². The predicted molar refractivity (Wildman–Crippen MR) is 93.6 cm³/mol. The molecule has 0 radical (unpaired) electrons. The number of hydrogen-bond acceptors (Lipinski definition) is 3. The van der Waals surface area contributed by atoms with Crippen molar-refractivity contribution < 1.29 is 9.53 Å². The minimum absolute atomic E-state index is 0. The Hall–Kier alpha value is -1.10. The highest BCUT2D eigenvalue weighted by Gasteiger charge is 2.44. The van der Waals surface area contributed by atoms with Crippen molar-refractivity contribution in [3.8, 4) is 0 Å². The summed E-state index contributed by atoms with van der Waals surface area (Å²) >= 11 is 0. The van der Waals surface area contributed by atoms with Gasteiger partial charge in [0.25, 0.3) is 0 Å². The number of ether oxygens (including phenoxy) is 1. The Balaban J connectivity index is 0.00000192. The van der Waals surface area contributed by atoms with Crippen molar-refractivity contribution in [3.05, 3.63) is 35.9 Å². The summed E-state index contributed by atoms with van der Waals surface area (Å²) in [6.45, 7) is 2.44. The summed E-state index contributed by atoms with van der Waals surface area (Å²) in [4.78, 5) is 16.7. The van der Waals surface area contributed by atoms with Gasteiger partial charge in [0.15, 0.2) is 0 Å². The van der Waals surface area contributed by atoms with E-state index in [2.05, 4.69) is 19.0 Å². The molecule has 3 rings (SSSR count). The summed E-state index contributed by atoms with van der Waals surface area (Å²) in [6.07, 6.45) is 2.67. The van der Waals surface area contributed by atoms with Gasteiger partial charge in [-0.25, -0.2) is 0 Å². The molecule has 1 amide bonds. The number of amides is 1. The molecule has 1 saturated heterocycles. The van der Waals surface area contributed by atoms with Gasteiger partial charge in [0.2, 0.25) is 5.91 Å². The van der Waals surface area contributed by atoms with Crippen molar-refractivity contribution in [3.63, 3.8) is 0 Å². The number of benzene rings is 1. The standard InChI is InChI=1S/C18H26N2O2.ClH/c1-19(2)17-11-20(10-16(17)15-8-9-15)18(21)13-22-12-14-6-4-3-5-7-14;/h3-7,15-17H,8-13H2,1-2H3;1H/t16-,17+;/m1./s1. The Morgan fingerprint density at radius 2 is 1.91 bits per heavy atom. The van der Waals surface area contributed by atoms with Gasteiger partial charge < -0.3 is 14.5 Å². The minimum atomic E-state index is 0. The number of hydrogen-bond donors (Lipinski definition) is 0. The lowest BCUT2D eigenvalue weighted by molar-refractivity contribution is -0.135. The number of likely N-dealkylation sites (tertiary alicyclic amines) is 1. The van der Waals surface area contributed by atoms with Gasteiger partial charge in [-0.3, -0.25) is 4.79 Å². The van der Waals surface area contributed by atoms with Crippen molar-refractivity contribution in [2.45, 2.75) is 25.5 Å². The largest absolute Gasteiger partial charge is 0.367 e. The molecule has 2 aliphatic rings. The second-order valence-electron chi connectivity index (χ2n) is 6.81. The number of rotatable bonds is 6. The topological polar surface area (TPSA) is 32.8 Å². The number of likely N-dealkylation sites (N-methyl/N-ethyl adjacent to an activating group) is 1. The van der Waals surface area contributed by atoms with Crippen LogP contribution >= 0.6 is 12.4 Å². The van der Waals surface area contributed by atoms with Crippen LogP contribution in [0.25, 0.3) is 0 Å². The van der Waals surface area contributed by atoms with E-state index < -0.39 is 0 Å². The van der Waals surface area contributed by atoms with Gasteiger partial charge in [-0.1, -0.05) is 30.3 Å². The predicted octanol–water partition coefficient (Wildman–Crippen LogP) is 2.42. The SMILES string of the molecule is CN(C)[C@H]1CN(C(=O)COCc2ccccc2)C[C@@H]1C1CC1.Cl. The highest BCUT2D eigenvalue weighted by molar-refractivity contribution is 5.85. The zero-order valence-electron chi connectivity index (χ0n) is 14.0. The van der Waals surface area contributed by atoms with Crippen LogP contribution in [0.1, 0.15) is 18.4 Å². The van der Waals surface area contributed by atoms with E-state index in [0.29, 0.717) is 18.6 Å². The zero-order valence-corrected chi connectivity index (χ0v) is 14.8. The van der Waals surface area contributed by atoms with E-state index in [0.717, 1.165) is 24.6 Å². The number of halogens is 1. The molecule has 0 aromatic heterocycles. The molecule has 0 bridgehead atoms. The molecule has 0 N–H and O–H groups in total. The summed E-state index contributed by atoms with van der Waals surface area (Å²) in [6, 6.07) is 10.5. The van der Waals surface area contributed by atoms with E-state index in [1.165, 1.54) is 12.8 Å². The molecule has 1 aromatic rings. The van der Waals surface area contributed by atoms with Crippen molar-refractivity contribution in [2.75, 3.05) is 33.8 Å². The molecule has 1 aliphatic heterocycles. The van der Waals surface area contributed by atoms with Crippen LogP contribution in [0.15, 0.2) is 30.3 Å². The smallest absolute Gasteiger partial charge is 0.248 e. The van der Waals surface area contributed by atoms with E-state index in [4.69, 9.17) is 4.74 Å². The molecule has 2 atom stereocenters. The molecule has 1 aliphatic carbocycles. The fourth-order valence-electron chi connectivity index (χ4n) is 3.47. The highest BCUT2D eigenvalue weighted by atomic mass is 35.5. The highest BCUT2D eigenvalue weighted by Crippen LogP contribution is 2.42. The molecule has 4 nitrogen and oxygen atoms in total. The van der Waals surface area contributed by atoms with Gasteiger partial charge in [-0.2, -0.15) is 0 Å². The van der Waals surface area contributed by atoms with Crippen LogP contribution in [-0.2, 0) is 16.1 Å². The van der Waals surface area contributed by atoms with Crippen LogP contribution < -0.4 is 0 Å². The van der Waals surface area contributed by atoms with Gasteiger partial charge in [-0.05, 0) is 44.3 Å². The van der Waals surface area contributed by atoms with Crippen LogP contribution in [0.4, 0.5) is 0 Å². The van der Waals surface area contributed by atoms with Crippen LogP contribution in [0.2, 0.25) is 0 Å². The first-order chi connectivity index (χ1) is 10.6. The second-order valence-corrected chi connectivity index (χ2v) is 6.81. The second kappa shape index (κ2) is 8.13. The fraction of sp³-hybridized carbons (Fsp3) is 0.611. The third-order valence-electron chi connectivity index (χ3n) is 4.91. The molecule has 2 fully saturated rings. The maximum Gasteiger partial charge on any atom is 0.248 e. The maximum atomic E-state index is 12.4.